The van der Waals surface area contributed by atoms with Crippen molar-refractivity contribution in [1.82, 2.24) is 0 Å². The average Bonchev–Trinajstić information content (AvgIpc) is 2.87. The van der Waals surface area contributed by atoms with Gasteiger partial charge in [-0.25, -0.2) is 0 Å². The first-order chi connectivity index (χ1) is 16.2. The van der Waals surface area contributed by atoms with Crippen molar-refractivity contribution in [3.8, 4) is 17.2 Å². The van der Waals surface area contributed by atoms with E-state index in [0.29, 0.717) is 42.6 Å². The van der Waals surface area contributed by atoms with Crippen LogP contribution in [0.25, 0.3) is 0 Å². The zero-order chi connectivity index (χ0) is 22.9. The van der Waals surface area contributed by atoms with E-state index >= 15 is 0 Å². The van der Waals surface area contributed by atoms with Crippen molar-refractivity contribution in [3.05, 3.63) is 125 Å². The van der Waals surface area contributed by atoms with Crippen molar-refractivity contribution in [2.75, 3.05) is 0 Å². The van der Waals surface area contributed by atoms with Crippen molar-refractivity contribution in [2.24, 2.45) is 0 Å². The molecule has 0 aliphatic carbocycles. The molecule has 4 heteroatoms. The number of Topliss-reactive ketones (excluding diaryl/α,β-unsaturated/α-hetero) is 1. The van der Waals surface area contributed by atoms with Gasteiger partial charge in [-0.3, -0.25) is 4.79 Å². The predicted molar refractivity (Wildman–Crippen MR) is 129 cm³/mol. The van der Waals surface area contributed by atoms with E-state index in [1.807, 2.05) is 91.0 Å². The highest BCUT2D eigenvalue weighted by molar-refractivity contribution is 5.95. The van der Waals surface area contributed by atoms with Crippen molar-refractivity contribution in [3.63, 3.8) is 0 Å². The largest absolute Gasteiger partial charge is 0.485 e. The molecular weight excluding hydrogens is 412 g/mol. The van der Waals surface area contributed by atoms with Gasteiger partial charge in [-0.2, -0.15) is 0 Å². The van der Waals surface area contributed by atoms with Crippen LogP contribution in [0.5, 0.6) is 17.2 Å². The van der Waals surface area contributed by atoms with E-state index in [4.69, 9.17) is 14.2 Å². The Morgan fingerprint density at radius 3 is 1.30 bits per heavy atom. The summed E-state index contributed by atoms with van der Waals surface area (Å²) in [6, 6.07) is 33.1. The molecule has 0 aliphatic heterocycles. The van der Waals surface area contributed by atoms with Crippen LogP contribution < -0.4 is 14.2 Å². The number of hydrogen-bond donors (Lipinski definition) is 0. The van der Waals surface area contributed by atoms with Crippen LogP contribution in [0.1, 0.15) is 34.0 Å². The summed E-state index contributed by atoms with van der Waals surface area (Å²) >= 11 is 0. The van der Waals surface area contributed by atoms with Gasteiger partial charge in [0.1, 0.15) is 19.8 Å². The zero-order valence-electron chi connectivity index (χ0n) is 18.6. The minimum absolute atomic E-state index is 0.0706. The summed E-state index contributed by atoms with van der Waals surface area (Å²) in [5.74, 6) is 1.37. The number of benzene rings is 4. The Morgan fingerprint density at radius 1 is 0.576 bits per heavy atom. The second-order valence-corrected chi connectivity index (χ2v) is 7.68. The minimum Gasteiger partial charge on any atom is -0.485 e. The Balaban J connectivity index is 1.65. The van der Waals surface area contributed by atoms with Crippen LogP contribution in [-0.2, 0) is 19.8 Å². The smallest absolute Gasteiger partial charge is 0.203 e. The highest BCUT2D eigenvalue weighted by atomic mass is 16.5. The lowest BCUT2D eigenvalue weighted by atomic mass is 10.1. The molecule has 0 atom stereocenters. The lowest BCUT2D eigenvalue weighted by Gasteiger charge is -2.18. The van der Waals surface area contributed by atoms with Crippen molar-refractivity contribution < 1.29 is 19.0 Å². The van der Waals surface area contributed by atoms with E-state index in [2.05, 4.69) is 0 Å². The molecule has 0 aliphatic rings. The van der Waals surface area contributed by atoms with Gasteiger partial charge in [0.05, 0.1) is 0 Å². The van der Waals surface area contributed by atoms with E-state index in [0.717, 1.165) is 16.7 Å². The van der Waals surface area contributed by atoms with E-state index in [9.17, 15) is 4.79 Å². The van der Waals surface area contributed by atoms with Crippen LogP contribution in [0.4, 0.5) is 0 Å². The molecule has 0 saturated heterocycles. The van der Waals surface area contributed by atoms with Gasteiger partial charge >= 0.3 is 0 Å². The lowest BCUT2D eigenvalue weighted by Crippen LogP contribution is -2.06. The second-order valence-electron chi connectivity index (χ2n) is 7.68. The van der Waals surface area contributed by atoms with Crippen LogP contribution in [-0.4, -0.2) is 5.78 Å². The number of ether oxygens (including phenoxy) is 3. The molecule has 0 bridgehead atoms. The summed E-state index contributed by atoms with van der Waals surface area (Å²) in [5, 5.41) is 0. The average molecular weight is 439 g/mol. The van der Waals surface area contributed by atoms with Gasteiger partial charge in [0.25, 0.3) is 0 Å². The Morgan fingerprint density at radius 2 is 0.939 bits per heavy atom. The monoisotopic (exact) mass is 438 g/mol. The van der Waals surface area contributed by atoms with E-state index in [1.165, 1.54) is 6.92 Å². The van der Waals surface area contributed by atoms with Gasteiger partial charge in [-0.05, 0) is 35.7 Å². The third kappa shape index (κ3) is 6.23. The van der Waals surface area contributed by atoms with E-state index in [-0.39, 0.29) is 5.78 Å². The molecule has 166 valence electrons. The Kier molecular flexibility index (Phi) is 7.39. The van der Waals surface area contributed by atoms with Crippen LogP contribution >= 0.6 is 0 Å². The molecule has 0 N–H and O–H groups in total. The molecule has 4 rings (SSSR count). The van der Waals surface area contributed by atoms with Gasteiger partial charge in [-0.1, -0.05) is 91.0 Å². The standard InChI is InChI=1S/C29H26O4/c1-22(30)26-17-27(31-19-23-11-5-2-6-12-23)29(33-21-25-15-9-4-10-16-25)28(18-26)32-20-24-13-7-3-8-14-24/h2-18H,19-21H2,1H3. The quantitative estimate of drug-likeness (QED) is 0.261. The SMILES string of the molecule is CC(=O)c1cc(OCc2ccccc2)c(OCc2ccccc2)c(OCc2ccccc2)c1. The van der Waals surface area contributed by atoms with Gasteiger partial charge in [0.15, 0.2) is 17.3 Å². The maximum atomic E-state index is 12.2. The highest BCUT2D eigenvalue weighted by Crippen LogP contribution is 2.40. The normalized spacial score (nSPS) is 10.5. The molecule has 33 heavy (non-hydrogen) atoms. The lowest BCUT2D eigenvalue weighted by molar-refractivity contribution is 0.101. The molecule has 0 amide bonds. The fourth-order valence-corrected chi connectivity index (χ4v) is 3.34. The Hall–Kier alpha value is -4.05. The van der Waals surface area contributed by atoms with Crippen LogP contribution in [0.15, 0.2) is 103 Å². The molecule has 0 fully saturated rings. The summed E-state index contributed by atoms with van der Waals surface area (Å²) in [6.07, 6.45) is 0. The number of carbonyl (C=O) groups is 1. The zero-order valence-corrected chi connectivity index (χ0v) is 18.6. The van der Waals surface area contributed by atoms with Gasteiger partial charge in [0.2, 0.25) is 5.75 Å². The van der Waals surface area contributed by atoms with Crippen molar-refractivity contribution >= 4 is 5.78 Å². The summed E-state index contributed by atoms with van der Waals surface area (Å²) in [7, 11) is 0. The summed E-state index contributed by atoms with van der Waals surface area (Å²) in [4.78, 5) is 12.2. The summed E-state index contributed by atoms with van der Waals surface area (Å²) in [6.45, 7) is 2.58. The van der Waals surface area contributed by atoms with Crippen molar-refractivity contribution in [1.29, 1.82) is 0 Å². The highest BCUT2D eigenvalue weighted by Gasteiger charge is 2.18. The fraction of sp³-hybridized carbons (Fsp3) is 0.138. The molecule has 0 spiro atoms. The molecule has 0 unspecified atom stereocenters. The number of hydrogen-bond acceptors (Lipinski definition) is 4. The van der Waals surface area contributed by atoms with Gasteiger partial charge < -0.3 is 14.2 Å². The molecular formula is C29H26O4. The van der Waals surface area contributed by atoms with E-state index < -0.39 is 0 Å². The first-order valence-electron chi connectivity index (χ1n) is 10.9. The predicted octanol–water partition coefficient (Wildman–Crippen LogP) is 6.63. The summed E-state index contributed by atoms with van der Waals surface area (Å²) in [5.41, 5.74) is 3.57. The van der Waals surface area contributed by atoms with Gasteiger partial charge in [0, 0.05) is 5.56 Å². The number of carbonyl (C=O) groups excluding carboxylic acids is 1. The third-order valence-corrected chi connectivity index (χ3v) is 5.13. The van der Waals surface area contributed by atoms with Crippen molar-refractivity contribution in [2.45, 2.75) is 26.7 Å². The number of rotatable bonds is 10. The van der Waals surface area contributed by atoms with Crippen LogP contribution in [0.2, 0.25) is 0 Å². The maximum absolute atomic E-state index is 12.2. The molecule has 4 aromatic carbocycles. The maximum Gasteiger partial charge on any atom is 0.203 e. The summed E-state index contributed by atoms with van der Waals surface area (Å²) < 4.78 is 18.5. The molecule has 0 heterocycles. The Bertz CT molecular complexity index is 1110. The van der Waals surface area contributed by atoms with Crippen LogP contribution in [0.3, 0.4) is 0 Å². The third-order valence-electron chi connectivity index (χ3n) is 5.13. The fourth-order valence-electron chi connectivity index (χ4n) is 3.34. The second kappa shape index (κ2) is 11.0. The van der Waals surface area contributed by atoms with Crippen LogP contribution in [0, 0.1) is 0 Å². The molecule has 0 saturated carbocycles. The minimum atomic E-state index is -0.0706. The van der Waals surface area contributed by atoms with E-state index in [1.54, 1.807) is 12.1 Å². The Labute approximate surface area is 194 Å². The molecule has 4 aromatic rings. The topological polar surface area (TPSA) is 44.8 Å². The molecule has 4 nitrogen and oxygen atoms in total. The molecule has 0 radical (unpaired) electrons. The van der Waals surface area contributed by atoms with Gasteiger partial charge in [-0.15, -0.1) is 0 Å². The molecule has 0 aromatic heterocycles. The number of ketones is 1. The first-order valence-corrected chi connectivity index (χ1v) is 10.9. The first kappa shape index (κ1) is 22.2.